The van der Waals surface area contributed by atoms with Gasteiger partial charge < -0.3 is 20.1 Å². The molecule has 8 heteroatoms. The zero-order chi connectivity index (χ0) is 25.5. The van der Waals surface area contributed by atoms with Crippen LogP contribution in [0.5, 0.6) is 5.75 Å². The van der Waals surface area contributed by atoms with Gasteiger partial charge in [-0.05, 0) is 43.0 Å². The van der Waals surface area contributed by atoms with Crippen LogP contribution in [0, 0.1) is 12.7 Å². The minimum Gasteiger partial charge on any atom is -0.495 e. The van der Waals surface area contributed by atoms with Crippen molar-refractivity contribution in [3.05, 3.63) is 95.4 Å². The normalized spacial score (nSPS) is 18.4. The summed E-state index contributed by atoms with van der Waals surface area (Å²) in [6, 6.07) is 15.3. The third-order valence-electron chi connectivity index (χ3n) is 6.33. The molecule has 2 heterocycles. The van der Waals surface area contributed by atoms with Gasteiger partial charge in [-0.2, -0.15) is 0 Å². The predicted octanol–water partition coefficient (Wildman–Crippen LogP) is 5.17. The standard InChI is InChI=1S/C28H30ClFN3O3/c1-18-17-36-21(14-32-18)9-10-22-25(30)15-31-16-26(22)33-28(34)13-23(19-6-4-3-5-7-19)20-8-11-27(35-2)24(29)12-20/h3-8,11-12,15-16,18,21,23,32H,1,9-10,13-14,17H2,2H3,(H,33,34)/t18-,21+,23+/m0/s1. The van der Waals surface area contributed by atoms with Crippen molar-refractivity contribution in [1.82, 2.24) is 10.3 Å². The van der Waals surface area contributed by atoms with E-state index < -0.39 is 5.82 Å². The van der Waals surface area contributed by atoms with Crippen LogP contribution >= 0.6 is 11.6 Å². The van der Waals surface area contributed by atoms with E-state index in [0.717, 1.165) is 11.1 Å². The van der Waals surface area contributed by atoms with Gasteiger partial charge in [0.05, 0.1) is 42.9 Å². The Kier molecular flexibility index (Phi) is 8.91. The molecule has 1 fully saturated rings. The van der Waals surface area contributed by atoms with Crippen molar-refractivity contribution in [3.8, 4) is 5.75 Å². The number of aromatic nitrogens is 1. The summed E-state index contributed by atoms with van der Waals surface area (Å²) >= 11 is 6.38. The van der Waals surface area contributed by atoms with E-state index in [1.165, 1.54) is 12.4 Å². The van der Waals surface area contributed by atoms with Crippen LogP contribution < -0.4 is 15.4 Å². The van der Waals surface area contributed by atoms with E-state index in [1.54, 1.807) is 13.2 Å². The monoisotopic (exact) mass is 510 g/mol. The summed E-state index contributed by atoms with van der Waals surface area (Å²) in [5.41, 5.74) is 2.64. The number of halogens is 2. The molecule has 0 unspecified atom stereocenters. The molecule has 1 aliphatic heterocycles. The first-order valence-corrected chi connectivity index (χ1v) is 12.3. The molecule has 1 radical (unpaired) electrons. The molecule has 4 rings (SSSR count). The molecule has 3 atom stereocenters. The first kappa shape index (κ1) is 26.1. The number of rotatable bonds is 9. The number of carbonyl (C=O) groups excluding carboxylic acids is 1. The second-order valence-electron chi connectivity index (χ2n) is 8.86. The molecule has 1 amide bonds. The number of nitrogens with one attached hydrogen (secondary N) is 2. The molecule has 3 aromatic rings. The molecular formula is C28H30ClFN3O3. The maximum atomic E-state index is 14.7. The lowest BCUT2D eigenvalue weighted by molar-refractivity contribution is -0.116. The molecule has 1 aliphatic rings. The molecule has 36 heavy (non-hydrogen) atoms. The summed E-state index contributed by atoms with van der Waals surface area (Å²) < 4.78 is 25.8. The van der Waals surface area contributed by atoms with Gasteiger partial charge in [0, 0.05) is 30.5 Å². The van der Waals surface area contributed by atoms with E-state index in [9.17, 15) is 9.18 Å². The first-order valence-electron chi connectivity index (χ1n) is 11.9. The third-order valence-corrected chi connectivity index (χ3v) is 6.63. The van der Waals surface area contributed by atoms with Crippen molar-refractivity contribution in [2.45, 2.75) is 37.3 Å². The zero-order valence-electron chi connectivity index (χ0n) is 20.2. The number of methoxy groups -OCH3 is 1. The van der Waals surface area contributed by atoms with E-state index in [4.69, 9.17) is 21.1 Å². The van der Waals surface area contributed by atoms with Crippen molar-refractivity contribution >= 4 is 23.2 Å². The lowest BCUT2D eigenvalue weighted by Gasteiger charge is -2.28. The van der Waals surface area contributed by atoms with Gasteiger partial charge in [0.2, 0.25) is 5.91 Å². The third kappa shape index (κ3) is 6.60. The zero-order valence-corrected chi connectivity index (χ0v) is 20.9. The summed E-state index contributed by atoms with van der Waals surface area (Å²) in [6.07, 6.45) is 3.78. The minimum absolute atomic E-state index is 0.0404. The van der Waals surface area contributed by atoms with Gasteiger partial charge in [-0.1, -0.05) is 48.0 Å². The summed E-state index contributed by atoms with van der Waals surface area (Å²) in [4.78, 5) is 17.2. The van der Waals surface area contributed by atoms with E-state index >= 15 is 0 Å². The molecule has 0 saturated carbocycles. The Hall–Kier alpha value is -3.00. The minimum atomic E-state index is -0.451. The van der Waals surface area contributed by atoms with Crippen LogP contribution in [0.25, 0.3) is 0 Å². The molecule has 6 nitrogen and oxygen atoms in total. The van der Waals surface area contributed by atoms with Gasteiger partial charge in [0.1, 0.15) is 11.6 Å². The summed E-state index contributed by atoms with van der Waals surface area (Å²) in [6.45, 7) is 5.10. The maximum Gasteiger partial charge on any atom is 0.225 e. The molecule has 189 valence electrons. The van der Waals surface area contributed by atoms with Crippen LogP contribution in [0.2, 0.25) is 5.02 Å². The maximum absolute atomic E-state index is 14.7. The summed E-state index contributed by atoms with van der Waals surface area (Å²) in [5, 5.41) is 6.62. The van der Waals surface area contributed by atoms with Crippen LogP contribution in [0.15, 0.2) is 60.9 Å². The van der Waals surface area contributed by atoms with Crippen LogP contribution in [0.3, 0.4) is 0 Å². The average molecular weight is 511 g/mol. The number of benzene rings is 2. The van der Waals surface area contributed by atoms with Crippen molar-refractivity contribution < 1.29 is 18.7 Å². The molecule has 2 aromatic carbocycles. The fourth-order valence-corrected chi connectivity index (χ4v) is 4.65. The van der Waals surface area contributed by atoms with Crippen molar-refractivity contribution in [1.29, 1.82) is 0 Å². The number of pyridine rings is 1. The molecule has 0 aliphatic carbocycles. The molecule has 2 N–H and O–H groups in total. The Morgan fingerprint density at radius 2 is 2.08 bits per heavy atom. The molecular weight excluding hydrogens is 481 g/mol. The average Bonchev–Trinajstić information content (AvgIpc) is 2.88. The van der Waals surface area contributed by atoms with E-state index in [1.807, 2.05) is 42.5 Å². The number of ether oxygens (including phenoxy) is 2. The van der Waals surface area contributed by atoms with E-state index in [0.29, 0.717) is 48.0 Å². The predicted molar refractivity (Wildman–Crippen MR) is 139 cm³/mol. The Morgan fingerprint density at radius 3 is 2.78 bits per heavy atom. The molecule has 0 bridgehead atoms. The highest BCUT2D eigenvalue weighted by atomic mass is 35.5. The van der Waals surface area contributed by atoms with Crippen LogP contribution in [-0.2, 0) is 16.0 Å². The number of carbonyl (C=O) groups is 1. The quantitative estimate of drug-likeness (QED) is 0.415. The van der Waals surface area contributed by atoms with E-state index in [2.05, 4.69) is 22.5 Å². The molecule has 1 saturated heterocycles. The Balaban J connectivity index is 1.50. The Bertz CT molecular complexity index is 1170. The van der Waals surface area contributed by atoms with Gasteiger partial charge in [-0.15, -0.1) is 0 Å². The first-order chi connectivity index (χ1) is 17.4. The largest absolute Gasteiger partial charge is 0.495 e. The SMILES string of the molecule is [CH2][C@H]1CO[C@H](CCc2c(F)cncc2NC(=O)C[C@H](c2ccccc2)c2ccc(OC)c(Cl)c2)CN1. The van der Waals surface area contributed by atoms with Gasteiger partial charge in [-0.3, -0.25) is 9.78 Å². The van der Waals surface area contributed by atoms with Gasteiger partial charge in [0.15, 0.2) is 0 Å². The highest BCUT2D eigenvalue weighted by Crippen LogP contribution is 2.34. The van der Waals surface area contributed by atoms with Gasteiger partial charge in [0.25, 0.3) is 0 Å². The van der Waals surface area contributed by atoms with Crippen molar-refractivity contribution in [2.24, 2.45) is 0 Å². The second kappa shape index (κ2) is 12.3. The van der Waals surface area contributed by atoms with Crippen LogP contribution in [0.1, 0.15) is 35.4 Å². The number of morpholine rings is 1. The Labute approximate surface area is 216 Å². The number of hydrogen-bond donors (Lipinski definition) is 2. The van der Waals surface area contributed by atoms with Gasteiger partial charge in [-0.25, -0.2) is 4.39 Å². The van der Waals surface area contributed by atoms with Crippen LogP contribution in [-0.4, -0.2) is 43.3 Å². The fourth-order valence-electron chi connectivity index (χ4n) is 4.38. The topological polar surface area (TPSA) is 72.5 Å². The Morgan fingerprint density at radius 1 is 1.28 bits per heavy atom. The van der Waals surface area contributed by atoms with Crippen molar-refractivity contribution in [2.75, 3.05) is 25.6 Å². The number of anilines is 1. The summed E-state index contributed by atoms with van der Waals surface area (Å²) in [5.74, 6) is -0.389. The number of nitrogens with zero attached hydrogens (tertiary/aromatic N) is 1. The smallest absolute Gasteiger partial charge is 0.225 e. The second-order valence-corrected chi connectivity index (χ2v) is 9.26. The lowest BCUT2D eigenvalue weighted by atomic mass is 9.88. The number of hydrogen-bond acceptors (Lipinski definition) is 5. The number of amides is 1. The van der Waals surface area contributed by atoms with Gasteiger partial charge >= 0.3 is 0 Å². The van der Waals surface area contributed by atoms with E-state index in [-0.39, 0.29) is 30.4 Å². The molecule has 0 spiro atoms. The summed E-state index contributed by atoms with van der Waals surface area (Å²) in [7, 11) is 1.56. The fraction of sp³-hybridized carbons (Fsp3) is 0.321. The molecule has 1 aromatic heterocycles. The lowest BCUT2D eigenvalue weighted by Crippen LogP contribution is -2.45. The highest BCUT2D eigenvalue weighted by Gasteiger charge is 2.22. The highest BCUT2D eigenvalue weighted by molar-refractivity contribution is 6.32. The van der Waals surface area contributed by atoms with Crippen molar-refractivity contribution in [3.63, 3.8) is 0 Å². The van der Waals surface area contributed by atoms with Crippen LogP contribution in [0.4, 0.5) is 10.1 Å².